The number of carbonyl (C=O) groups is 2. The fourth-order valence-corrected chi connectivity index (χ4v) is 22.2. The van der Waals surface area contributed by atoms with Crippen molar-refractivity contribution < 1.29 is 39.9 Å². The molecule has 4 bridgehead atoms. The molecule has 1 spiro atoms. The second-order valence-corrected chi connectivity index (χ2v) is 29.1. The number of phenolic OH excluding ortho intramolecular Hbond substituents is 1. The van der Waals surface area contributed by atoms with Gasteiger partial charge in [-0.1, -0.05) is 69.7 Å². The minimum Gasteiger partial charge on any atom is -0.508 e. The maximum atomic E-state index is 16.2. The summed E-state index contributed by atoms with van der Waals surface area (Å²) in [5.41, 5.74) is 8.82. The third kappa shape index (κ3) is 8.70. The number of ether oxygens (including phenoxy) is 1. The van der Waals surface area contributed by atoms with E-state index in [9.17, 15) is 25.5 Å². The number of allylic oxidation sites excluding steroid dienone is 2. The molecule has 8 fully saturated rings. The number of β-amino-alcohol motifs (C(OH)–C–C–N with tert-alkyl or cyclic N) is 1. The molecule has 0 unspecified atom stereocenters. The van der Waals surface area contributed by atoms with Crippen LogP contribution in [0, 0.1) is 74.9 Å². The number of nitrogens with two attached hydrogens (primary N) is 1. The van der Waals surface area contributed by atoms with Gasteiger partial charge in [0.1, 0.15) is 17.6 Å². The van der Waals surface area contributed by atoms with Crippen LogP contribution in [0.4, 0.5) is 5.69 Å². The van der Waals surface area contributed by atoms with Gasteiger partial charge in [-0.25, -0.2) is 0 Å². The number of phenols is 1. The van der Waals surface area contributed by atoms with E-state index in [1.165, 1.54) is 11.1 Å². The van der Waals surface area contributed by atoms with E-state index in [4.69, 9.17) is 10.5 Å². The number of epoxide rings is 1. The lowest BCUT2D eigenvalue weighted by atomic mass is 9.29. The van der Waals surface area contributed by atoms with E-state index in [-0.39, 0.29) is 95.4 Å². The van der Waals surface area contributed by atoms with Crippen molar-refractivity contribution in [3.05, 3.63) is 70.3 Å². The lowest BCUT2D eigenvalue weighted by molar-refractivity contribution is -0.247. The summed E-state index contributed by atoms with van der Waals surface area (Å²) in [5, 5.41) is 67.4. The molecule has 9 N–H and O–H groups in total. The second-order valence-electron chi connectivity index (χ2n) is 29.1. The van der Waals surface area contributed by atoms with Crippen LogP contribution < -0.4 is 16.4 Å². The molecule has 11 heteroatoms. The van der Waals surface area contributed by atoms with Gasteiger partial charge >= 0.3 is 0 Å². The maximum absolute atomic E-state index is 16.2. The molecule has 0 amide bonds. The van der Waals surface area contributed by atoms with Crippen LogP contribution in [0.2, 0.25) is 0 Å². The Hall–Kier alpha value is -3.16. The molecule has 10 aliphatic rings. The first-order valence-electron chi connectivity index (χ1n) is 31.5. The lowest BCUT2D eigenvalue weighted by Crippen LogP contribution is -2.74. The maximum Gasteiger partial charge on any atom is 0.160 e. The topological polar surface area (TPSA) is 198 Å². The number of benzene rings is 2. The quantitative estimate of drug-likeness (QED) is 0.0787. The van der Waals surface area contributed by atoms with Crippen molar-refractivity contribution in [1.82, 2.24) is 10.6 Å². The molecule has 2 heterocycles. The van der Waals surface area contributed by atoms with Crippen molar-refractivity contribution in [1.29, 1.82) is 0 Å². The lowest BCUT2D eigenvalue weighted by Gasteiger charge is -2.75. The van der Waals surface area contributed by atoms with Gasteiger partial charge in [-0.15, -0.1) is 0 Å². The number of nitrogen functional groups attached to an aromatic ring is 1. The summed E-state index contributed by atoms with van der Waals surface area (Å²) < 4.78 is 6.82. The van der Waals surface area contributed by atoms with Crippen LogP contribution in [0.15, 0.2) is 53.6 Å². The summed E-state index contributed by atoms with van der Waals surface area (Å²) in [7, 11) is 1.92. The van der Waals surface area contributed by atoms with Gasteiger partial charge in [-0.05, 0) is 240 Å². The van der Waals surface area contributed by atoms with Gasteiger partial charge in [-0.3, -0.25) is 9.59 Å². The van der Waals surface area contributed by atoms with Crippen LogP contribution in [0.5, 0.6) is 5.75 Å². The van der Waals surface area contributed by atoms with Crippen LogP contribution in [0.1, 0.15) is 197 Å². The Balaban J connectivity index is 1.02. The molecule has 2 aromatic rings. The van der Waals surface area contributed by atoms with E-state index in [1.807, 2.05) is 38.2 Å². The standard InChI is InChI=1S/C67H97N3O8/c1-62(77)24-8-9-25-63(2)59-54(70-38-62)33-67-45(37-72)21-20-41-19-18-39(36-71)28-49(41)50(31-55(74)61-65(4,78-61)52-17-11-16-48(52)42-12-10-15-46(68)29-42)58-53(64(67,3)34-56(58)75)22-23-57(67)66(59,44-13-6-7-14-44)32-51(60(63)76)43-26-40(35-69-5)27-47(73)30-43/h10,12,15,26-27,29-30,39,41,44-45,48-52,54-55,57,59,61,69-74,77H,6-9,11,13-14,16-25,28,31-38,68H2,1-5H3/t39-,41+,45+,48-,49+,50+,51+,52+,54+,55-,57-,59+,61-,62-,63-,64+,65-,66-,67-/m1/s1. The van der Waals surface area contributed by atoms with Crippen molar-refractivity contribution in [2.24, 2.45) is 74.9 Å². The first-order valence-corrected chi connectivity index (χ1v) is 31.5. The minimum atomic E-state index is -0.943. The predicted octanol–water partition coefficient (Wildman–Crippen LogP) is 10.4. The van der Waals surface area contributed by atoms with Crippen molar-refractivity contribution in [2.75, 3.05) is 32.5 Å². The van der Waals surface area contributed by atoms with Gasteiger partial charge in [0.05, 0.1) is 17.3 Å². The summed E-state index contributed by atoms with van der Waals surface area (Å²) in [6.07, 6.45) is 17.9. The van der Waals surface area contributed by atoms with Gasteiger partial charge in [0.25, 0.3) is 0 Å². The Morgan fingerprint density at radius 1 is 0.859 bits per heavy atom. The number of ketones is 2. The van der Waals surface area contributed by atoms with E-state index in [0.717, 1.165) is 138 Å². The van der Waals surface area contributed by atoms with Crippen molar-refractivity contribution in [3.63, 3.8) is 0 Å². The van der Waals surface area contributed by atoms with Crippen molar-refractivity contribution in [3.8, 4) is 5.75 Å². The average Bonchev–Trinajstić information content (AvgIpc) is 3.97. The fraction of sp³-hybridized carbons (Fsp3) is 0.761. The summed E-state index contributed by atoms with van der Waals surface area (Å²) in [6, 6.07) is 14.0. The monoisotopic (exact) mass is 1070 g/mol. The SMILES string of the molecule is CNCc1cc(O)cc([C@@H]2C[C@@]3(C4CCCC4)[C@H]4CCC5=C6C(=O)C[C@]5(C)[C@]4(C[C@@H]4NC[C@](C)(O)CCCC[C@@](C)(C2=O)[C@H]43)[C@H](CO)CC[C@@H]2CC[C@@H](CO)C[C@@H]2[C@@H]6C[C@@H](O)[C@H]2O[C@]2(C)[C@H]2CCC[C@@H]2c2cccc(N)c2)c1. The van der Waals surface area contributed by atoms with E-state index < -0.39 is 39.5 Å². The third-order valence-corrected chi connectivity index (χ3v) is 25.2. The first kappa shape index (κ1) is 55.4. The van der Waals surface area contributed by atoms with Gasteiger partial charge in [0, 0.05) is 61.2 Å². The van der Waals surface area contributed by atoms with E-state index >= 15 is 9.59 Å². The number of carbonyl (C=O) groups excluding carboxylic acids is 2. The Bertz CT molecular complexity index is 2630. The van der Waals surface area contributed by atoms with Gasteiger partial charge < -0.3 is 46.6 Å². The number of aliphatic hydroxyl groups is 4. The first-order chi connectivity index (χ1) is 37.4. The number of aliphatic hydroxyl groups excluding tert-OH is 3. The summed E-state index contributed by atoms with van der Waals surface area (Å²) >= 11 is 0. The minimum absolute atomic E-state index is 0.0203. The summed E-state index contributed by atoms with van der Waals surface area (Å²) in [5.74, 6) is 1.40. The van der Waals surface area contributed by atoms with Crippen molar-refractivity contribution in [2.45, 2.75) is 217 Å². The molecule has 0 radical (unpaired) electrons. The molecule has 12 rings (SSSR count). The highest BCUT2D eigenvalue weighted by Crippen LogP contribution is 2.80. The molecule has 2 saturated heterocycles. The van der Waals surface area contributed by atoms with E-state index in [0.29, 0.717) is 50.6 Å². The number of hydrogen-bond donors (Lipinski definition) is 8. The summed E-state index contributed by atoms with van der Waals surface area (Å²) in [6.45, 7) is 10.1. The second kappa shape index (κ2) is 20.6. The highest BCUT2D eigenvalue weighted by molar-refractivity contribution is 6.01. The molecule has 78 heavy (non-hydrogen) atoms. The molecular formula is C67H97N3O8. The average molecular weight is 1070 g/mol. The zero-order chi connectivity index (χ0) is 54.7. The molecule has 0 aromatic heterocycles. The predicted molar refractivity (Wildman–Crippen MR) is 304 cm³/mol. The molecule has 19 atom stereocenters. The summed E-state index contributed by atoms with van der Waals surface area (Å²) in [4.78, 5) is 32.3. The van der Waals surface area contributed by atoms with Gasteiger partial charge in [-0.2, -0.15) is 0 Å². The third-order valence-electron chi connectivity index (χ3n) is 25.2. The normalized spacial score (nSPS) is 45.1. The number of Topliss-reactive ketones (excluding diaryl/α,β-unsaturated/α-hetero) is 2. The molecule has 8 aliphatic carbocycles. The molecule has 2 aromatic carbocycles. The Labute approximate surface area is 466 Å². The molecule has 11 nitrogen and oxygen atoms in total. The Morgan fingerprint density at radius 2 is 1.64 bits per heavy atom. The molecule has 428 valence electrons. The van der Waals surface area contributed by atoms with Gasteiger partial charge in [0.2, 0.25) is 0 Å². The van der Waals surface area contributed by atoms with Crippen LogP contribution in [-0.2, 0) is 20.9 Å². The Kier molecular flexibility index (Phi) is 14.6. The smallest absolute Gasteiger partial charge is 0.160 e. The number of aromatic hydroxyl groups is 1. The van der Waals surface area contributed by atoms with Crippen LogP contribution in [-0.4, -0.2) is 93.4 Å². The largest absolute Gasteiger partial charge is 0.508 e. The number of anilines is 1. The molecule has 6 saturated carbocycles. The molecular weight excluding hydrogens is 975 g/mol. The Morgan fingerprint density at radius 3 is 2.40 bits per heavy atom. The molecule has 2 aliphatic heterocycles. The van der Waals surface area contributed by atoms with Crippen LogP contribution >= 0.6 is 0 Å². The number of rotatable bonds is 11. The number of nitrogens with one attached hydrogen (secondary N) is 2. The zero-order valence-electron chi connectivity index (χ0n) is 48.0. The van der Waals surface area contributed by atoms with Gasteiger partial charge in [0.15, 0.2) is 5.78 Å². The number of fused-ring (bicyclic) bond motifs is 2. The van der Waals surface area contributed by atoms with Crippen LogP contribution in [0.25, 0.3) is 0 Å². The van der Waals surface area contributed by atoms with E-state index in [1.54, 1.807) is 0 Å². The number of hydrogen-bond acceptors (Lipinski definition) is 11. The zero-order valence-corrected chi connectivity index (χ0v) is 48.0. The highest BCUT2D eigenvalue weighted by atomic mass is 16.6. The van der Waals surface area contributed by atoms with Crippen molar-refractivity contribution >= 4 is 17.3 Å². The fourth-order valence-electron chi connectivity index (χ4n) is 22.2. The highest BCUT2D eigenvalue weighted by Gasteiger charge is 2.77. The van der Waals surface area contributed by atoms with Crippen LogP contribution in [0.3, 0.4) is 0 Å². The van der Waals surface area contributed by atoms with E-state index in [2.05, 4.69) is 49.6 Å².